The molecular formula is C21H17N3O3S. The van der Waals surface area contributed by atoms with E-state index in [0.29, 0.717) is 22.3 Å². The van der Waals surface area contributed by atoms with Crippen LogP contribution in [0.3, 0.4) is 0 Å². The van der Waals surface area contributed by atoms with Gasteiger partial charge in [0, 0.05) is 28.9 Å². The van der Waals surface area contributed by atoms with Crippen LogP contribution in [0.15, 0.2) is 70.2 Å². The highest BCUT2D eigenvalue weighted by Crippen LogP contribution is 2.24. The number of para-hydroxylation sites is 1. The lowest BCUT2D eigenvalue weighted by atomic mass is 10.2. The average Bonchev–Trinajstić information content (AvgIpc) is 3.12. The summed E-state index contributed by atoms with van der Waals surface area (Å²) in [6.45, 7) is 1.91. The largest absolute Gasteiger partial charge is 0.449 e. The number of aromatic nitrogens is 2. The van der Waals surface area contributed by atoms with Crippen LogP contribution in [-0.2, 0) is 0 Å². The summed E-state index contributed by atoms with van der Waals surface area (Å²) in [6.07, 6.45) is 1.93. The first kappa shape index (κ1) is 18.1. The van der Waals surface area contributed by atoms with Crippen molar-refractivity contribution in [2.75, 3.05) is 11.6 Å². The Morgan fingerprint density at radius 2 is 1.93 bits per heavy atom. The van der Waals surface area contributed by atoms with Crippen LogP contribution in [0.25, 0.3) is 11.0 Å². The zero-order chi connectivity index (χ0) is 19.5. The lowest BCUT2D eigenvalue weighted by Crippen LogP contribution is -2.07. The summed E-state index contributed by atoms with van der Waals surface area (Å²) in [4.78, 5) is 21.2. The number of carbonyl (C=O) groups excluding carboxylic acids is 1. The second-order valence-electron chi connectivity index (χ2n) is 6.07. The molecule has 28 heavy (non-hydrogen) atoms. The zero-order valence-electron chi connectivity index (χ0n) is 15.3. The Morgan fingerprint density at radius 3 is 2.75 bits per heavy atom. The Labute approximate surface area is 166 Å². The van der Waals surface area contributed by atoms with Gasteiger partial charge in [-0.15, -0.1) is 0 Å². The standard InChI is InChI=1S/C21H17N3O3S/c1-13-10-19(24-21(22-13)28-2)23-15-7-5-8-16(12-15)26-20(25)18-11-14-6-3-4-9-17(14)27-18/h3-12H,1-2H3,(H,22,23,24). The fourth-order valence-corrected chi connectivity index (χ4v) is 3.15. The van der Waals surface area contributed by atoms with Crippen LogP contribution in [0.5, 0.6) is 5.75 Å². The van der Waals surface area contributed by atoms with E-state index in [1.165, 1.54) is 11.8 Å². The summed E-state index contributed by atoms with van der Waals surface area (Å²) in [6, 6.07) is 18.1. The fourth-order valence-electron chi connectivity index (χ4n) is 2.72. The Morgan fingerprint density at radius 1 is 1.07 bits per heavy atom. The van der Waals surface area contributed by atoms with Crippen molar-refractivity contribution in [3.63, 3.8) is 0 Å². The monoisotopic (exact) mass is 391 g/mol. The number of ether oxygens (including phenoxy) is 1. The molecule has 0 fully saturated rings. The topological polar surface area (TPSA) is 77.3 Å². The maximum atomic E-state index is 12.4. The van der Waals surface area contributed by atoms with Gasteiger partial charge in [-0.3, -0.25) is 0 Å². The minimum Gasteiger partial charge on any atom is -0.449 e. The summed E-state index contributed by atoms with van der Waals surface area (Å²) in [5, 5.41) is 4.76. The molecule has 2 heterocycles. The van der Waals surface area contributed by atoms with Gasteiger partial charge in [0.25, 0.3) is 0 Å². The number of nitrogens with zero attached hydrogens (tertiary/aromatic N) is 2. The number of fused-ring (bicyclic) bond motifs is 1. The van der Waals surface area contributed by atoms with Gasteiger partial charge < -0.3 is 14.5 Å². The molecule has 0 amide bonds. The van der Waals surface area contributed by atoms with E-state index >= 15 is 0 Å². The first-order valence-corrected chi connectivity index (χ1v) is 9.81. The molecule has 0 atom stereocenters. The normalized spacial score (nSPS) is 10.8. The van der Waals surface area contributed by atoms with Gasteiger partial charge in [-0.25, -0.2) is 14.8 Å². The summed E-state index contributed by atoms with van der Waals surface area (Å²) in [5.41, 5.74) is 2.27. The average molecular weight is 391 g/mol. The molecule has 0 radical (unpaired) electrons. The highest BCUT2D eigenvalue weighted by molar-refractivity contribution is 7.98. The summed E-state index contributed by atoms with van der Waals surface area (Å²) in [5.74, 6) is 0.704. The van der Waals surface area contributed by atoms with Gasteiger partial charge in [-0.2, -0.15) is 0 Å². The maximum Gasteiger partial charge on any atom is 0.379 e. The van der Waals surface area contributed by atoms with Gasteiger partial charge >= 0.3 is 5.97 Å². The fraction of sp³-hybridized carbons (Fsp3) is 0.0952. The molecule has 4 aromatic rings. The molecule has 140 valence electrons. The van der Waals surface area contributed by atoms with E-state index in [9.17, 15) is 4.79 Å². The maximum absolute atomic E-state index is 12.4. The third-order valence-electron chi connectivity index (χ3n) is 3.96. The molecule has 0 saturated heterocycles. The van der Waals surface area contributed by atoms with Crippen molar-refractivity contribution in [2.45, 2.75) is 12.1 Å². The smallest absolute Gasteiger partial charge is 0.379 e. The van der Waals surface area contributed by atoms with Gasteiger partial charge in [0.1, 0.15) is 17.2 Å². The molecule has 0 spiro atoms. The van der Waals surface area contributed by atoms with Gasteiger partial charge in [0.2, 0.25) is 5.76 Å². The van der Waals surface area contributed by atoms with Crippen LogP contribution in [0.4, 0.5) is 11.5 Å². The predicted molar refractivity (Wildman–Crippen MR) is 109 cm³/mol. The van der Waals surface area contributed by atoms with E-state index < -0.39 is 5.97 Å². The number of nitrogens with one attached hydrogen (secondary N) is 1. The molecule has 6 nitrogen and oxygen atoms in total. The molecule has 0 bridgehead atoms. The number of carbonyl (C=O) groups is 1. The van der Waals surface area contributed by atoms with Crippen molar-refractivity contribution >= 4 is 40.2 Å². The second kappa shape index (κ2) is 7.74. The number of esters is 1. The summed E-state index contributed by atoms with van der Waals surface area (Å²) in [7, 11) is 0. The van der Waals surface area contributed by atoms with Crippen LogP contribution in [0, 0.1) is 6.92 Å². The SMILES string of the molecule is CSc1nc(C)cc(Nc2cccc(OC(=O)c3cc4ccccc4o3)c2)n1. The first-order valence-electron chi connectivity index (χ1n) is 8.58. The van der Waals surface area contributed by atoms with E-state index in [4.69, 9.17) is 9.15 Å². The van der Waals surface area contributed by atoms with Gasteiger partial charge in [0.15, 0.2) is 5.16 Å². The van der Waals surface area contributed by atoms with E-state index in [1.807, 2.05) is 49.6 Å². The van der Waals surface area contributed by atoms with Gasteiger partial charge in [0.05, 0.1) is 0 Å². The molecule has 0 aliphatic heterocycles. The van der Waals surface area contributed by atoms with Crippen LogP contribution in [0.2, 0.25) is 0 Å². The van der Waals surface area contributed by atoms with Gasteiger partial charge in [-0.1, -0.05) is 36.0 Å². The van der Waals surface area contributed by atoms with Crippen molar-refractivity contribution in [2.24, 2.45) is 0 Å². The van der Waals surface area contributed by atoms with E-state index in [2.05, 4.69) is 15.3 Å². The third kappa shape index (κ3) is 3.99. The Hall–Kier alpha value is -3.32. The van der Waals surface area contributed by atoms with E-state index in [1.54, 1.807) is 24.3 Å². The van der Waals surface area contributed by atoms with Crippen molar-refractivity contribution in [3.05, 3.63) is 72.1 Å². The first-order chi connectivity index (χ1) is 13.6. The highest BCUT2D eigenvalue weighted by atomic mass is 32.2. The quantitative estimate of drug-likeness (QED) is 0.216. The molecule has 0 aliphatic carbocycles. The predicted octanol–water partition coefficient (Wildman–Crippen LogP) is 5.22. The Kier molecular flexibility index (Phi) is 4.99. The highest BCUT2D eigenvalue weighted by Gasteiger charge is 2.15. The second-order valence-corrected chi connectivity index (χ2v) is 6.85. The van der Waals surface area contributed by atoms with Crippen LogP contribution < -0.4 is 10.1 Å². The van der Waals surface area contributed by atoms with Gasteiger partial charge in [-0.05, 0) is 37.4 Å². The third-order valence-corrected chi connectivity index (χ3v) is 4.51. The Bertz CT molecular complexity index is 1120. The zero-order valence-corrected chi connectivity index (χ0v) is 16.1. The summed E-state index contributed by atoms with van der Waals surface area (Å²) < 4.78 is 11.0. The lowest BCUT2D eigenvalue weighted by molar-refractivity contribution is 0.0704. The number of aryl methyl sites for hydroxylation is 1. The van der Waals surface area contributed by atoms with E-state index in [-0.39, 0.29) is 5.76 Å². The number of hydrogen-bond acceptors (Lipinski definition) is 7. The molecular weight excluding hydrogens is 374 g/mol. The van der Waals surface area contributed by atoms with Crippen molar-refractivity contribution in [3.8, 4) is 5.75 Å². The molecule has 0 aliphatic rings. The lowest BCUT2D eigenvalue weighted by Gasteiger charge is -2.09. The molecule has 1 N–H and O–H groups in total. The van der Waals surface area contributed by atoms with Crippen molar-refractivity contribution in [1.82, 2.24) is 9.97 Å². The number of thioether (sulfide) groups is 1. The number of furan rings is 1. The number of rotatable bonds is 5. The molecule has 2 aromatic heterocycles. The molecule has 0 unspecified atom stereocenters. The molecule has 0 saturated carbocycles. The van der Waals surface area contributed by atoms with Crippen LogP contribution in [-0.4, -0.2) is 22.2 Å². The Balaban J connectivity index is 1.52. The minimum atomic E-state index is -0.545. The molecule has 2 aromatic carbocycles. The number of hydrogen-bond donors (Lipinski definition) is 1. The number of anilines is 2. The van der Waals surface area contributed by atoms with Crippen LogP contribution in [0.1, 0.15) is 16.2 Å². The number of benzene rings is 2. The van der Waals surface area contributed by atoms with Crippen LogP contribution >= 0.6 is 11.8 Å². The van der Waals surface area contributed by atoms with Crippen molar-refractivity contribution < 1.29 is 13.9 Å². The van der Waals surface area contributed by atoms with E-state index in [0.717, 1.165) is 16.8 Å². The minimum absolute atomic E-state index is 0.163. The van der Waals surface area contributed by atoms with Crippen molar-refractivity contribution in [1.29, 1.82) is 0 Å². The summed E-state index contributed by atoms with van der Waals surface area (Å²) >= 11 is 1.48. The molecule has 7 heteroatoms. The molecule has 4 rings (SSSR count).